The highest BCUT2D eigenvalue weighted by Crippen LogP contribution is 2.39. The quantitative estimate of drug-likeness (QED) is 0.766. The van der Waals surface area contributed by atoms with Gasteiger partial charge in [0.05, 0.1) is 6.10 Å². The molecule has 2 unspecified atom stereocenters. The van der Waals surface area contributed by atoms with Crippen LogP contribution in [0.1, 0.15) is 55.6 Å². The number of hydrogen-bond acceptors (Lipinski definition) is 3. The van der Waals surface area contributed by atoms with Crippen LogP contribution >= 0.6 is 0 Å². The maximum atomic E-state index is 13.3. The summed E-state index contributed by atoms with van der Waals surface area (Å²) in [5.41, 5.74) is 2.65. The Morgan fingerprint density at radius 3 is 2.32 bits per heavy atom. The number of likely N-dealkylation sites (tertiary alicyclic amines) is 2. The van der Waals surface area contributed by atoms with Crippen LogP contribution in [-0.4, -0.2) is 52.7 Å². The highest BCUT2D eigenvalue weighted by molar-refractivity contribution is 5.20. The highest BCUT2D eigenvalue weighted by Gasteiger charge is 2.43. The fourth-order valence-electron chi connectivity index (χ4n) is 6.40. The third-order valence-electron chi connectivity index (χ3n) is 8.07. The van der Waals surface area contributed by atoms with E-state index in [1.165, 1.54) is 36.8 Å². The molecule has 0 aromatic heterocycles. The molecule has 3 fully saturated rings. The number of fused-ring (bicyclic) bond motifs is 1. The van der Waals surface area contributed by atoms with E-state index >= 15 is 0 Å². The second-order valence-electron chi connectivity index (χ2n) is 9.89. The molecule has 3 nitrogen and oxygen atoms in total. The SMILES string of the molecule is O[C@@H]1CC2CCCN(Cc3ccc(F)cc3)C2C[C@H]1N1CCC(c2ccccc2)CC1. The molecule has 2 aromatic rings. The molecule has 0 bridgehead atoms. The lowest BCUT2D eigenvalue weighted by molar-refractivity contribution is -0.0602. The summed E-state index contributed by atoms with van der Waals surface area (Å²) in [6, 6.07) is 18.7. The molecule has 2 heterocycles. The molecule has 3 aliphatic rings. The van der Waals surface area contributed by atoms with Crippen LogP contribution in [0.5, 0.6) is 0 Å². The first-order valence-corrected chi connectivity index (χ1v) is 12.1. The Balaban J connectivity index is 1.24. The average Bonchev–Trinajstić information content (AvgIpc) is 2.81. The van der Waals surface area contributed by atoms with Gasteiger partial charge in [0.15, 0.2) is 0 Å². The van der Waals surface area contributed by atoms with Crippen molar-refractivity contribution in [3.63, 3.8) is 0 Å². The van der Waals surface area contributed by atoms with E-state index in [4.69, 9.17) is 0 Å². The van der Waals surface area contributed by atoms with Crippen molar-refractivity contribution >= 4 is 0 Å². The van der Waals surface area contributed by atoms with Gasteiger partial charge in [0.1, 0.15) is 5.82 Å². The van der Waals surface area contributed by atoms with E-state index in [1.54, 1.807) is 12.1 Å². The average molecular weight is 423 g/mol. The summed E-state index contributed by atoms with van der Waals surface area (Å²) in [6.07, 6.45) is 6.56. The normalized spacial score (nSPS) is 30.8. The summed E-state index contributed by atoms with van der Waals surface area (Å²) in [5.74, 6) is 1.07. The lowest BCUT2D eigenvalue weighted by Gasteiger charge is -2.51. The summed E-state index contributed by atoms with van der Waals surface area (Å²) in [5, 5.41) is 11.0. The van der Waals surface area contributed by atoms with Crippen LogP contribution in [0.2, 0.25) is 0 Å². The summed E-state index contributed by atoms with van der Waals surface area (Å²) in [4.78, 5) is 5.18. The smallest absolute Gasteiger partial charge is 0.123 e. The number of benzene rings is 2. The van der Waals surface area contributed by atoms with Gasteiger partial charge in [0.25, 0.3) is 0 Å². The van der Waals surface area contributed by atoms with Crippen molar-refractivity contribution in [2.75, 3.05) is 19.6 Å². The molecule has 5 rings (SSSR count). The Bertz CT molecular complexity index is 834. The summed E-state index contributed by atoms with van der Waals surface area (Å²) in [6.45, 7) is 4.16. The minimum absolute atomic E-state index is 0.167. The molecule has 4 atom stereocenters. The second-order valence-corrected chi connectivity index (χ2v) is 9.89. The van der Waals surface area contributed by atoms with Gasteiger partial charge in [-0.1, -0.05) is 42.5 Å². The molecule has 0 radical (unpaired) electrons. The van der Waals surface area contributed by atoms with Crippen molar-refractivity contribution in [3.8, 4) is 0 Å². The molecule has 166 valence electrons. The Kier molecular flexibility index (Phi) is 6.40. The van der Waals surface area contributed by atoms with Gasteiger partial charge < -0.3 is 5.11 Å². The first-order valence-electron chi connectivity index (χ1n) is 12.1. The van der Waals surface area contributed by atoms with Crippen molar-refractivity contribution in [1.82, 2.24) is 9.80 Å². The maximum Gasteiger partial charge on any atom is 0.123 e. The van der Waals surface area contributed by atoms with Gasteiger partial charge >= 0.3 is 0 Å². The van der Waals surface area contributed by atoms with Crippen molar-refractivity contribution in [2.45, 2.75) is 69.2 Å². The van der Waals surface area contributed by atoms with Crippen LogP contribution in [0.25, 0.3) is 0 Å². The number of nitrogens with zero attached hydrogens (tertiary/aromatic N) is 2. The fourth-order valence-corrected chi connectivity index (χ4v) is 6.40. The van der Waals surface area contributed by atoms with Crippen molar-refractivity contribution in [2.24, 2.45) is 5.92 Å². The van der Waals surface area contributed by atoms with Crippen LogP contribution < -0.4 is 0 Å². The van der Waals surface area contributed by atoms with E-state index < -0.39 is 0 Å². The summed E-state index contributed by atoms with van der Waals surface area (Å²) in [7, 11) is 0. The molecule has 4 heteroatoms. The third-order valence-corrected chi connectivity index (χ3v) is 8.07. The summed E-state index contributed by atoms with van der Waals surface area (Å²) < 4.78 is 13.3. The first kappa shape index (κ1) is 21.1. The van der Waals surface area contributed by atoms with Crippen LogP contribution in [0.3, 0.4) is 0 Å². The minimum Gasteiger partial charge on any atom is -0.391 e. The van der Waals surface area contributed by atoms with Crippen molar-refractivity contribution in [1.29, 1.82) is 0 Å². The highest BCUT2D eigenvalue weighted by atomic mass is 19.1. The fraction of sp³-hybridized carbons (Fsp3) is 0.556. The van der Waals surface area contributed by atoms with Crippen LogP contribution in [0.4, 0.5) is 4.39 Å². The molecule has 2 saturated heterocycles. The lowest BCUT2D eigenvalue weighted by atomic mass is 9.73. The van der Waals surface area contributed by atoms with E-state index in [-0.39, 0.29) is 18.0 Å². The minimum atomic E-state index is -0.208. The van der Waals surface area contributed by atoms with E-state index in [1.807, 2.05) is 12.1 Å². The second kappa shape index (κ2) is 9.40. The van der Waals surface area contributed by atoms with E-state index in [2.05, 4.69) is 40.1 Å². The molecular weight excluding hydrogens is 387 g/mol. The topological polar surface area (TPSA) is 26.7 Å². The molecule has 0 spiro atoms. The predicted molar refractivity (Wildman–Crippen MR) is 122 cm³/mol. The standard InChI is InChI=1S/C27H35FN2O/c28-24-10-8-20(9-11-24)19-30-14-4-7-23-17-27(31)26(18-25(23)30)29-15-12-22(13-16-29)21-5-2-1-3-6-21/h1-3,5-6,8-11,22-23,25-27,31H,4,7,12-19H2/t23?,25?,26-,27-/m1/s1. The molecule has 1 saturated carbocycles. The van der Waals surface area contributed by atoms with Gasteiger partial charge in [-0.3, -0.25) is 9.80 Å². The molecule has 31 heavy (non-hydrogen) atoms. The van der Waals surface area contributed by atoms with Gasteiger partial charge in [-0.2, -0.15) is 0 Å². The Hall–Kier alpha value is -1.75. The Labute approximate surface area is 185 Å². The number of aliphatic hydroxyl groups excluding tert-OH is 1. The van der Waals surface area contributed by atoms with E-state index in [0.717, 1.165) is 39.0 Å². The molecule has 2 aliphatic heterocycles. The van der Waals surface area contributed by atoms with Crippen LogP contribution in [-0.2, 0) is 6.54 Å². The lowest BCUT2D eigenvalue weighted by Crippen LogP contribution is -2.58. The first-order chi connectivity index (χ1) is 15.2. The molecular formula is C27H35FN2O. The van der Waals surface area contributed by atoms with Crippen LogP contribution in [0, 0.1) is 11.7 Å². The monoisotopic (exact) mass is 422 g/mol. The van der Waals surface area contributed by atoms with E-state index in [0.29, 0.717) is 17.9 Å². The van der Waals surface area contributed by atoms with Gasteiger partial charge in [0.2, 0.25) is 0 Å². The molecule has 2 aromatic carbocycles. The zero-order valence-electron chi connectivity index (χ0n) is 18.4. The molecule has 1 aliphatic carbocycles. The largest absolute Gasteiger partial charge is 0.391 e. The number of hydrogen-bond donors (Lipinski definition) is 1. The van der Waals surface area contributed by atoms with Gasteiger partial charge in [0, 0.05) is 18.6 Å². The number of piperidine rings is 2. The maximum absolute atomic E-state index is 13.3. The zero-order valence-corrected chi connectivity index (χ0v) is 18.4. The molecule has 0 amide bonds. The molecule has 1 N–H and O–H groups in total. The summed E-state index contributed by atoms with van der Waals surface area (Å²) >= 11 is 0. The van der Waals surface area contributed by atoms with Crippen molar-refractivity contribution in [3.05, 3.63) is 71.5 Å². The number of rotatable bonds is 4. The van der Waals surface area contributed by atoms with Gasteiger partial charge in [-0.25, -0.2) is 4.39 Å². The van der Waals surface area contributed by atoms with E-state index in [9.17, 15) is 9.50 Å². The van der Waals surface area contributed by atoms with Crippen LogP contribution in [0.15, 0.2) is 54.6 Å². The van der Waals surface area contributed by atoms with Crippen molar-refractivity contribution < 1.29 is 9.50 Å². The number of aliphatic hydroxyl groups is 1. The van der Waals surface area contributed by atoms with Gasteiger partial charge in [-0.05, 0) is 93.3 Å². The third kappa shape index (κ3) is 4.72. The Morgan fingerprint density at radius 2 is 1.58 bits per heavy atom. The zero-order chi connectivity index (χ0) is 21.2. The van der Waals surface area contributed by atoms with Gasteiger partial charge in [-0.15, -0.1) is 0 Å². The number of halogens is 1. The predicted octanol–water partition coefficient (Wildman–Crippen LogP) is 4.81. The Morgan fingerprint density at radius 1 is 0.839 bits per heavy atom.